The quantitative estimate of drug-likeness (QED) is 0.875. The molecule has 0 amide bonds. The first-order valence-electron chi connectivity index (χ1n) is 6.48. The summed E-state index contributed by atoms with van der Waals surface area (Å²) in [4.78, 5) is 0. The maximum absolute atomic E-state index is 13.8. The van der Waals surface area contributed by atoms with Gasteiger partial charge < -0.3 is 5.73 Å². The molecule has 0 aromatic heterocycles. The molecule has 2 aromatic rings. The molecule has 1 aliphatic rings. The average Bonchev–Trinajstić information content (AvgIpc) is 2.81. The van der Waals surface area contributed by atoms with Crippen molar-refractivity contribution in [3.8, 4) is 11.1 Å². The van der Waals surface area contributed by atoms with Crippen LogP contribution in [0.4, 0.5) is 8.78 Å². The molecule has 2 aromatic carbocycles. The topological polar surface area (TPSA) is 26.0 Å². The molecule has 98 valence electrons. The normalized spacial score (nSPS) is 17.5. The predicted molar refractivity (Wildman–Crippen MR) is 71.9 cm³/mol. The highest BCUT2D eigenvalue weighted by Gasteiger charge is 2.22. The fourth-order valence-electron chi connectivity index (χ4n) is 2.86. The first kappa shape index (κ1) is 12.3. The first-order valence-corrected chi connectivity index (χ1v) is 6.48. The number of fused-ring (bicyclic) bond motifs is 1. The molecule has 3 rings (SSSR count). The largest absolute Gasteiger partial charge is 0.330 e. The van der Waals surface area contributed by atoms with Gasteiger partial charge in [-0.2, -0.15) is 0 Å². The van der Waals surface area contributed by atoms with Crippen LogP contribution in [0.2, 0.25) is 0 Å². The van der Waals surface area contributed by atoms with Crippen molar-refractivity contribution in [2.45, 2.75) is 18.8 Å². The highest BCUT2D eigenvalue weighted by atomic mass is 19.1. The van der Waals surface area contributed by atoms with E-state index in [0.29, 0.717) is 18.0 Å². The Hall–Kier alpha value is -1.74. The summed E-state index contributed by atoms with van der Waals surface area (Å²) in [5.74, 6) is -0.741. The van der Waals surface area contributed by atoms with Crippen LogP contribution in [0.25, 0.3) is 11.1 Å². The van der Waals surface area contributed by atoms with E-state index < -0.39 is 11.6 Å². The molecule has 0 heterocycles. The van der Waals surface area contributed by atoms with Gasteiger partial charge >= 0.3 is 0 Å². The summed E-state index contributed by atoms with van der Waals surface area (Å²) in [5.41, 5.74) is 8.78. The summed E-state index contributed by atoms with van der Waals surface area (Å²) in [7, 11) is 0. The smallest absolute Gasteiger partial charge is 0.133 e. The molecular formula is C16H15F2N. The number of aryl methyl sites for hydroxylation is 1. The molecule has 1 nitrogen and oxygen atoms in total. The SMILES string of the molecule is NCC1CCc2ccc(-c3c(F)cccc3F)cc21. The molecule has 1 aliphatic carbocycles. The number of nitrogens with two attached hydrogens (primary N) is 1. The van der Waals surface area contributed by atoms with E-state index in [0.717, 1.165) is 18.4 Å². The standard InChI is InChI=1S/C16H15F2N/c17-14-2-1-3-15(18)16(14)11-6-4-10-5-7-12(9-19)13(10)8-11/h1-4,6,8,12H,5,7,9,19H2. The summed E-state index contributed by atoms with van der Waals surface area (Å²) < 4.78 is 27.6. The monoisotopic (exact) mass is 259 g/mol. The Morgan fingerprint density at radius 1 is 1.11 bits per heavy atom. The van der Waals surface area contributed by atoms with Gasteiger partial charge in [0.25, 0.3) is 0 Å². The molecule has 2 N–H and O–H groups in total. The van der Waals surface area contributed by atoms with E-state index >= 15 is 0 Å². The Bertz CT molecular complexity index is 602. The van der Waals surface area contributed by atoms with Gasteiger partial charge in [0.05, 0.1) is 5.56 Å². The van der Waals surface area contributed by atoms with Crippen molar-refractivity contribution in [1.29, 1.82) is 0 Å². The van der Waals surface area contributed by atoms with Crippen molar-refractivity contribution in [1.82, 2.24) is 0 Å². The first-order chi connectivity index (χ1) is 9.20. The fourth-order valence-corrected chi connectivity index (χ4v) is 2.86. The van der Waals surface area contributed by atoms with Crippen molar-refractivity contribution in [3.05, 3.63) is 59.2 Å². The van der Waals surface area contributed by atoms with Gasteiger partial charge in [-0.15, -0.1) is 0 Å². The summed E-state index contributed by atoms with van der Waals surface area (Å²) in [6, 6.07) is 9.59. The molecule has 1 unspecified atom stereocenters. The molecule has 0 fully saturated rings. The van der Waals surface area contributed by atoms with Gasteiger partial charge in [-0.3, -0.25) is 0 Å². The molecule has 0 aliphatic heterocycles. The number of rotatable bonds is 2. The lowest BCUT2D eigenvalue weighted by Gasteiger charge is -2.11. The molecule has 0 saturated heterocycles. The summed E-state index contributed by atoms with van der Waals surface area (Å²) in [6.45, 7) is 0.580. The number of hydrogen-bond acceptors (Lipinski definition) is 1. The number of hydrogen-bond donors (Lipinski definition) is 1. The van der Waals surface area contributed by atoms with Gasteiger partial charge in [0.2, 0.25) is 0 Å². The summed E-state index contributed by atoms with van der Waals surface area (Å²) in [6.07, 6.45) is 2.02. The second kappa shape index (κ2) is 4.74. The van der Waals surface area contributed by atoms with Crippen LogP contribution >= 0.6 is 0 Å². The summed E-state index contributed by atoms with van der Waals surface area (Å²) >= 11 is 0. The third-order valence-electron chi connectivity index (χ3n) is 3.88. The Balaban J connectivity index is 2.13. The minimum Gasteiger partial charge on any atom is -0.330 e. The van der Waals surface area contributed by atoms with Crippen molar-refractivity contribution in [3.63, 3.8) is 0 Å². The zero-order chi connectivity index (χ0) is 13.4. The van der Waals surface area contributed by atoms with Crippen LogP contribution in [0.15, 0.2) is 36.4 Å². The molecule has 0 radical (unpaired) electrons. The third kappa shape index (κ3) is 2.04. The number of halogens is 2. The van der Waals surface area contributed by atoms with E-state index in [1.165, 1.54) is 23.8 Å². The lowest BCUT2D eigenvalue weighted by molar-refractivity contribution is 0.589. The molecule has 0 bridgehead atoms. The van der Waals surface area contributed by atoms with Gasteiger partial charge in [-0.05, 0) is 54.1 Å². The molecule has 3 heteroatoms. The Morgan fingerprint density at radius 3 is 2.53 bits per heavy atom. The van der Waals surface area contributed by atoms with Crippen molar-refractivity contribution < 1.29 is 8.78 Å². The van der Waals surface area contributed by atoms with E-state index in [1.807, 2.05) is 12.1 Å². The summed E-state index contributed by atoms with van der Waals surface area (Å²) in [5, 5.41) is 0. The van der Waals surface area contributed by atoms with E-state index in [-0.39, 0.29) is 5.56 Å². The van der Waals surface area contributed by atoms with Crippen LogP contribution in [-0.2, 0) is 6.42 Å². The maximum Gasteiger partial charge on any atom is 0.133 e. The van der Waals surface area contributed by atoms with Crippen LogP contribution in [-0.4, -0.2) is 6.54 Å². The van der Waals surface area contributed by atoms with Crippen LogP contribution in [0, 0.1) is 11.6 Å². The predicted octanol–water partition coefficient (Wildman–Crippen LogP) is 3.62. The van der Waals surface area contributed by atoms with Gasteiger partial charge in [0, 0.05) is 0 Å². The van der Waals surface area contributed by atoms with Gasteiger partial charge in [0.1, 0.15) is 11.6 Å². The second-order valence-electron chi connectivity index (χ2n) is 4.98. The Kier molecular flexibility index (Phi) is 3.07. The molecule has 0 spiro atoms. The van der Waals surface area contributed by atoms with Crippen molar-refractivity contribution in [2.75, 3.05) is 6.54 Å². The van der Waals surface area contributed by atoms with E-state index in [2.05, 4.69) is 0 Å². The fraction of sp³-hybridized carbons (Fsp3) is 0.250. The third-order valence-corrected chi connectivity index (χ3v) is 3.88. The van der Waals surface area contributed by atoms with Gasteiger partial charge in [0.15, 0.2) is 0 Å². The van der Waals surface area contributed by atoms with Gasteiger partial charge in [-0.1, -0.05) is 24.3 Å². The second-order valence-corrected chi connectivity index (χ2v) is 4.98. The van der Waals surface area contributed by atoms with Crippen molar-refractivity contribution >= 4 is 0 Å². The van der Waals surface area contributed by atoms with Crippen LogP contribution in [0.3, 0.4) is 0 Å². The lowest BCUT2D eigenvalue weighted by Crippen LogP contribution is -2.09. The number of benzene rings is 2. The molecule has 19 heavy (non-hydrogen) atoms. The van der Waals surface area contributed by atoms with Crippen LogP contribution < -0.4 is 5.73 Å². The minimum atomic E-state index is -0.526. The van der Waals surface area contributed by atoms with Crippen molar-refractivity contribution in [2.24, 2.45) is 5.73 Å². The van der Waals surface area contributed by atoms with Crippen LogP contribution in [0.1, 0.15) is 23.5 Å². The molecule has 0 saturated carbocycles. The maximum atomic E-state index is 13.8. The lowest BCUT2D eigenvalue weighted by atomic mass is 9.96. The van der Waals surface area contributed by atoms with E-state index in [4.69, 9.17) is 5.73 Å². The molecular weight excluding hydrogens is 244 g/mol. The Labute approximate surface area is 111 Å². The average molecular weight is 259 g/mol. The molecule has 1 atom stereocenters. The van der Waals surface area contributed by atoms with Crippen LogP contribution in [0.5, 0.6) is 0 Å². The minimum absolute atomic E-state index is 0.0490. The van der Waals surface area contributed by atoms with E-state index in [9.17, 15) is 8.78 Å². The zero-order valence-corrected chi connectivity index (χ0v) is 10.5. The highest BCUT2D eigenvalue weighted by molar-refractivity contribution is 5.67. The highest BCUT2D eigenvalue weighted by Crippen LogP contribution is 2.36. The van der Waals surface area contributed by atoms with Gasteiger partial charge in [-0.25, -0.2) is 8.78 Å². The Morgan fingerprint density at radius 2 is 1.84 bits per heavy atom. The zero-order valence-electron chi connectivity index (χ0n) is 10.5. The van der Waals surface area contributed by atoms with E-state index in [1.54, 1.807) is 6.07 Å².